The van der Waals surface area contributed by atoms with E-state index in [1.54, 1.807) is 24.4 Å². The molecule has 0 aliphatic rings. The van der Waals surface area contributed by atoms with Crippen LogP contribution in [-0.2, 0) is 0 Å². The first kappa shape index (κ1) is 8.50. The predicted octanol–water partition coefficient (Wildman–Crippen LogP) is 2.04. The lowest BCUT2D eigenvalue weighted by atomic mass is 10.2. The molecule has 2 aromatic heterocycles. The summed E-state index contributed by atoms with van der Waals surface area (Å²) in [4.78, 5) is 14.8. The van der Waals surface area contributed by atoms with E-state index < -0.39 is 5.97 Å². The lowest BCUT2D eigenvalue weighted by Crippen LogP contribution is -1.96. The molecule has 0 saturated heterocycles. The Balaban J connectivity index is 2.52. The molecule has 2 rings (SSSR count). The van der Waals surface area contributed by atoms with Crippen LogP contribution in [0.4, 0.5) is 0 Å². The Morgan fingerprint density at radius 3 is 2.86 bits per heavy atom. The van der Waals surface area contributed by atoms with Crippen LogP contribution in [0.2, 0.25) is 0 Å². The number of furan rings is 1. The van der Waals surface area contributed by atoms with E-state index in [-0.39, 0.29) is 11.3 Å². The third-order valence-corrected chi connectivity index (χ3v) is 1.79. The molecule has 2 heterocycles. The number of aromatic nitrogens is 1. The van der Waals surface area contributed by atoms with Gasteiger partial charge in [0, 0.05) is 6.20 Å². The lowest BCUT2D eigenvalue weighted by Gasteiger charge is -1.96. The molecule has 0 atom stereocenters. The second-order valence-electron chi connectivity index (χ2n) is 2.68. The van der Waals surface area contributed by atoms with Crippen LogP contribution in [0.15, 0.2) is 41.1 Å². The fourth-order valence-corrected chi connectivity index (χ4v) is 1.17. The maximum atomic E-state index is 10.8. The van der Waals surface area contributed by atoms with Gasteiger partial charge in [0.15, 0.2) is 5.76 Å². The largest absolute Gasteiger partial charge is 0.478 e. The molecule has 70 valence electrons. The topological polar surface area (TPSA) is 63.3 Å². The highest BCUT2D eigenvalue weighted by molar-refractivity contribution is 5.93. The Kier molecular flexibility index (Phi) is 2.02. The van der Waals surface area contributed by atoms with Gasteiger partial charge in [-0.1, -0.05) is 6.07 Å². The van der Waals surface area contributed by atoms with Crippen LogP contribution in [0.3, 0.4) is 0 Å². The van der Waals surface area contributed by atoms with Gasteiger partial charge in [0.2, 0.25) is 0 Å². The summed E-state index contributed by atoms with van der Waals surface area (Å²) in [7, 11) is 0. The molecule has 0 unspecified atom stereocenters. The van der Waals surface area contributed by atoms with Gasteiger partial charge in [-0.25, -0.2) is 4.79 Å². The first-order chi connectivity index (χ1) is 6.79. The number of pyridine rings is 1. The van der Waals surface area contributed by atoms with Crippen LogP contribution in [0, 0.1) is 0 Å². The molecule has 14 heavy (non-hydrogen) atoms. The molecule has 0 fully saturated rings. The molecule has 4 nitrogen and oxygen atoms in total. The van der Waals surface area contributed by atoms with Gasteiger partial charge in [0.25, 0.3) is 0 Å². The van der Waals surface area contributed by atoms with Crippen molar-refractivity contribution in [2.24, 2.45) is 0 Å². The number of rotatable bonds is 2. The van der Waals surface area contributed by atoms with Crippen molar-refractivity contribution < 1.29 is 14.3 Å². The first-order valence-electron chi connectivity index (χ1n) is 4.01. The SMILES string of the molecule is O=C(O)c1ccoc1-c1ccccn1. The number of carbonyl (C=O) groups is 1. The standard InChI is InChI=1S/C10H7NO3/c12-10(13)7-4-6-14-9(7)8-3-1-2-5-11-8/h1-6H,(H,12,13). The zero-order valence-corrected chi connectivity index (χ0v) is 7.18. The normalized spacial score (nSPS) is 10.0. The molecule has 2 aromatic rings. The molecule has 0 radical (unpaired) electrons. The first-order valence-corrected chi connectivity index (χ1v) is 4.01. The van der Waals surface area contributed by atoms with E-state index in [0.717, 1.165) is 0 Å². The third-order valence-electron chi connectivity index (χ3n) is 1.79. The summed E-state index contributed by atoms with van der Waals surface area (Å²) in [6.45, 7) is 0. The fourth-order valence-electron chi connectivity index (χ4n) is 1.17. The Hall–Kier alpha value is -2.10. The van der Waals surface area contributed by atoms with E-state index in [9.17, 15) is 4.79 Å². The minimum absolute atomic E-state index is 0.128. The summed E-state index contributed by atoms with van der Waals surface area (Å²) < 4.78 is 5.07. The maximum absolute atomic E-state index is 10.8. The van der Waals surface area contributed by atoms with Gasteiger partial charge in [-0.2, -0.15) is 0 Å². The van der Waals surface area contributed by atoms with Gasteiger partial charge in [0.1, 0.15) is 11.3 Å². The van der Waals surface area contributed by atoms with Gasteiger partial charge in [-0.15, -0.1) is 0 Å². The van der Waals surface area contributed by atoms with E-state index in [2.05, 4.69) is 4.98 Å². The second kappa shape index (κ2) is 3.33. The summed E-state index contributed by atoms with van der Waals surface area (Å²) in [5, 5.41) is 8.83. The lowest BCUT2D eigenvalue weighted by molar-refractivity contribution is 0.0697. The number of nitrogens with zero attached hydrogens (tertiary/aromatic N) is 1. The monoisotopic (exact) mass is 189 g/mol. The number of carboxylic acids is 1. The van der Waals surface area contributed by atoms with Gasteiger partial charge < -0.3 is 9.52 Å². The van der Waals surface area contributed by atoms with E-state index in [4.69, 9.17) is 9.52 Å². The molecule has 0 spiro atoms. The Morgan fingerprint density at radius 2 is 2.21 bits per heavy atom. The quantitative estimate of drug-likeness (QED) is 0.785. The minimum Gasteiger partial charge on any atom is -0.478 e. The maximum Gasteiger partial charge on any atom is 0.339 e. The molecule has 4 heteroatoms. The minimum atomic E-state index is -1.01. The van der Waals surface area contributed by atoms with Crippen LogP contribution >= 0.6 is 0 Å². The highest BCUT2D eigenvalue weighted by atomic mass is 16.4. The van der Waals surface area contributed by atoms with Gasteiger partial charge in [-0.3, -0.25) is 4.98 Å². The van der Waals surface area contributed by atoms with Gasteiger partial charge in [0.05, 0.1) is 6.26 Å². The Morgan fingerprint density at radius 1 is 1.36 bits per heavy atom. The highest BCUT2D eigenvalue weighted by Crippen LogP contribution is 2.22. The van der Waals surface area contributed by atoms with E-state index in [0.29, 0.717) is 5.69 Å². The van der Waals surface area contributed by atoms with Crippen molar-refractivity contribution >= 4 is 5.97 Å². The van der Waals surface area contributed by atoms with Crippen molar-refractivity contribution in [3.63, 3.8) is 0 Å². The van der Waals surface area contributed by atoms with Crippen LogP contribution < -0.4 is 0 Å². The molecule has 1 N–H and O–H groups in total. The van der Waals surface area contributed by atoms with E-state index >= 15 is 0 Å². The summed E-state index contributed by atoms with van der Waals surface area (Å²) >= 11 is 0. The van der Waals surface area contributed by atoms with Crippen LogP contribution in [0.5, 0.6) is 0 Å². The molecular weight excluding hydrogens is 182 g/mol. The van der Waals surface area contributed by atoms with Crippen molar-refractivity contribution in [1.82, 2.24) is 4.98 Å². The smallest absolute Gasteiger partial charge is 0.339 e. The van der Waals surface area contributed by atoms with Crippen LogP contribution in [0.25, 0.3) is 11.5 Å². The molecule has 0 aromatic carbocycles. The molecular formula is C10H7NO3. The van der Waals surface area contributed by atoms with Gasteiger partial charge >= 0.3 is 5.97 Å². The Labute approximate surface area is 79.8 Å². The van der Waals surface area contributed by atoms with Crippen LogP contribution in [0.1, 0.15) is 10.4 Å². The average molecular weight is 189 g/mol. The van der Waals surface area contributed by atoms with Crippen molar-refractivity contribution in [3.05, 3.63) is 42.3 Å². The van der Waals surface area contributed by atoms with Crippen LogP contribution in [-0.4, -0.2) is 16.1 Å². The van der Waals surface area contributed by atoms with Gasteiger partial charge in [-0.05, 0) is 18.2 Å². The third kappa shape index (κ3) is 1.37. The molecule has 0 aliphatic carbocycles. The number of carboxylic acid groups (broad SMARTS) is 1. The van der Waals surface area contributed by atoms with Crippen molar-refractivity contribution in [2.75, 3.05) is 0 Å². The Bertz CT molecular complexity index is 447. The zero-order valence-electron chi connectivity index (χ0n) is 7.18. The molecule has 0 amide bonds. The highest BCUT2D eigenvalue weighted by Gasteiger charge is 2.15. The van der Waals surface area contributed by atoms with Crippen molar-refractivity contribution in [1.29, 1.82) is 0 Å². The summed E-state index contributed by atoms with van der Waals surface area (Å²) in [5.74, 6) is -0.725. The molecule has 0 saturated carbocycles. The summed E-state index contributed by atoms with van der Waals surface area (Å²) in [6, 6.07) is 6.64. The number of hydrogen-bond acceptors (Lipinski definition) is 3. The van der Waals surface area contributed by atoms with Crippen molar-refractivity contribution in [3.8, 4) is 11.5 Å². The van der Waals surface area contributed by atoms with E-state index in [1.807, 2.05) is 0 Å². The van der Waals surface area contributed by atoms with E-state index in [1.165, 1.54) is 12.3 Å². The number of aromatic carboxylic acids is 1. The predicted molar refractivity (Wildman–Crippen MR) is 48.9 cm³/mol. The van der Waals surface area contributed by atoms with Crippen molar-refractivity contribution in [2.45, 2.75) is 0 Å². The molecule has 0 aliphatic heterocycles. The number of hydrogen-bond donors (Lipinski definition) is 1. The molecule has 0 bridgehead atoms. The fraction of sp³-hybridized carbons (Fsp3) is 0. The second-order valence-corrected chi connectivity index (χ2v) is 2.68. The zero-order chi connectivity index (χ0) is 9.97. The summed E-state index contributed by atoms with van der Waals surface area (Å²) in [6.07, 6.45) is 2.93. The average Bonchev–Trinajstić information content (AvgIpc) is 2.67. The summed E-state index contributed by atoms with van der Waals surface area (Å²) in [5.41, 5.74) is 0.651.